The van der Waals surface area contributed by atoms with Crippen molar-refractivity contribution in [1.29, 1.82) is 0 Å². The average Bonchev–Trinajstić information content (AvgIpc) is 3.20. The number of carbonyl (C=O) groups excluding carboxylic acids is 2. The third-order valence-corrected chi connectivity index (χ3v) is 5.38. The molecule has 2 unspecified atom stereocenters. The average molecular weight is 475 g/mol. The number of aromatic nitrogens is 4. The summed E-state index contributed by atoms with van der Waals surface area (Å²) in [6, 6.07) is 5.64. The number of nitrogens with zero attached hydrogens (tertiary/aromatic N) is 5. The normalized spacial score (nSPS) is 17.2. The minimum Gasteiger partial charge on any atom is -0.480 e. The van der Waals surface area contributed by atoms with Crippen molar-refractivity contribution >= 4 is 41.0 Å². The standard InChI is InChI=1S/C20H16Cl2N6O4/c21-12-3-4-14(28-9-16(22)25-26-28)13(7-12)18-19(30)27(10-17(29)24-18)15(20(31)32)6-11-2-1-5-23-8-11/h1-5,7-9,15,18H,6,10H2,(H,24,29)(H,31,32). The quantitative estimate of drug-likeness (QED) is 0.555. The lowest BCUT2D eigenvalue weighted by Gasteiger charge is -2.36. The van der Waals surface area contributed by atoms with Gasteiger partial charge in [0.25, 0.3) is 5.91 Å². The topological polar surface area (TPSA) is 130 Å². The maximum atomic E-state index is 13.4. The molecule has 1 aliphatic rings. The van der Waals surface area contributed by atoms with Crippen LogP contribution in [0.1, 0.15) is 17.2 Å². The number of amides is 2. The second kappa shape index (κ2) is 8.93. The van der Waals surface area contributed by atoms with Gasteiger partial charge in [0.2, 0.25) is 5.91 Å². The highest BCUT2D eigenvalue weighted by Gasteiger charge is 2.41. The summed E-state index contributed by atoms with van der Waals surface area (Å²) in [6.45, 7) is -0.391. The molecule has 164 valence electrons. The summed E-state index contributed by atoms with van der Waals surface area (Å²) >= 11 is 12.0. The Labute approximate surface area is 191 Å². The molecule has 3 heterocycles. The zero-order valence-electron chi connectivity index (χ0n) is 16.4. The third kappa shape index (κ3) is 4.41. The van der Waals surface area contributed by atoms with Crippen LogP contribution in [-0.2, 0) is 20.8 Å². The molecule has 0 spiro atoms. The summed E-state index contributed by atoms with van der Waals surface area (Å²) in [5.74, 6) is -2.32. The molecule has 2 aromatic heterocycles. The summed E-state index contributed by atoms with van der Waals surface area (Å²) in [5.41, 5.74) is 1.36. The van der Waals surface area contributed by atoms with Gasteiger partial charge in [-0.3, -0.25) is 14.6 Å². The van der Waals surface area contributed by atoms with E-state index < -0.39 is 36.4 Å². The molecule has 0 aliphatic carbocycles. The number of aliphatic carboxylic acids is 1. The maximum absolute atomic E-state index is 13.4. The highest BCUT2D eigenvalue weighted by Crippen LogP contribution is 2.29. The molecule has 12 heteroatoms. The lowest BCUT2D eigenvalue weighted by molar-refractivity contribution is -0.156. The van der Waals surface area contributed by atoms with E-state index in [0.717, 1.165) is 4.90 Å². The number of benzene rings is 1. The van der Waals surface area contributed by atoms with Gasteiger partial charge in [0.05, 0.1) is 11.9 Å². The number of carbonyl (C=O) groups is 3. The van der Waals surface area contributed by atoms with Crippen molar-refractivity contribution in [3.63, 3.8) is 0 Å². The molecule has 1 saturated heterocycles. The van der Waals surface area contributed by atoms with E-state index in [1.54, 1.807) is 30.5 Å². The van der Waals surface area contributed by atoms with E-state index in [2.05, 4.69) is 20.6 Å². The van der Waals surface area contributed by atoms with E-state index >= 15 is 0 Å². The summed E-state index contributed by atoms with van der Waals surface area (Å²) in [7, 11) is 0. The monoisotopic (exact) mass is 474 g/mol. The molecule has 0 radical (unpaired) electrons. The molecule has 2 atom stereocenters. The van der Waals surface area contributed by atoms with Gasteiger partial charge in [0.15, 0.2) is 5.15 Å². The van der Waals surface area contributed by atoms with Crippen LogP contribution in [0.25, 0.3) is 5.69 Å². The lowest BCUT2D eigenvalue weighted by Crippen LogP contribution is -2.59. The molecule has 1 aliphatic heterocycles. The number of nitrogens with one attached hydrogen (secondary N) is 1. The predicted octanol–water partition coefficient (Wildman–Crippen LogP) is 1.66. The van der Waals surface area contributed by atoms with E-state index in [1.165, 1.54) is 23.1 Å². The molecule has 10 nitrogen and oxygen atoms in total. The van der Waals surface area contributed by atoms with E-state index in [-0.39, 0.29) is 11.6 Å². The Morgan fingerprint density at radius 3 is 2.75 bits per heavy atom. The summed E-state index contributed by atoms with van der Waals surface area (Å²) in [4.78, 5) is 43.0. The van der Waals surface area contributed by atoms with Crippen LogP contribution in [-0.4, -0.2) is 60.4 Å². The number of carboxylic acid groups (broad SMARTS) is 1. The van der Waals surface area contributed by atoms with E-state index in [1.807, 2.05) is 0 Å². The van der Waals surface area contributed by atoms with Crippen molar-refractivity contribution in [2.45, 2.75) is 18.5 Å². The van der Waals surface area contributed by atoms with Crippen molar-refractivity contribution in [3.05, 3.63) is 70.2 Å². The van der Waals surface area contributed by atoms with Crippen molar-refractivity contribution in [2.75, 3.05) is 6.54 Å². The van der Waals surface area contributed by atoms with Gasteiger partial charge in [0.1, 0.15) is 18.6 Å². The first-order chi connectivity index (χ1) is 15.3. The number of hydrogen-bond donors (Lipinski definition) is 2. The second-order valence-corrected chi connectivity index (χ2v) is 7.90. The molecule has 3 aromatic rings. The molecule has 0 bridgehead atoms. The minimum atomic E-state index is -1.26. The Balaban J connectivity index is 1.72. The molecule has 2 amide bonds. The first-order valence-corrected chi connectivity index (χ1v) is 10.2. The largest absolute Gasteiger partial charge is 0.480 e. The molecular weight excluding hydrogens is 459 g/mol. The lowest BCUT2D eigenvalue weighted by atomic mass is 9.98. The molecule has 32 heavy (non-hydrogen) atoms. The highest BCUT2D eigenvalue weighted by atomic mass is 35.5. The molecule has 4 rings (SSSR count). The van der Waals surface area contributed by atoms with Crippen LogP contribution in [0.2, 0.25) is 10.2 Å². The van der Waals surface area contributed by atoms with Gasteiger partial charge >= 0.3 is 5.97 Å². The van der Waals surface area contributed by atoms with E-state index in [0.29, 0.717) is 21.8 Å². The number of carboxylic acids is 1. The number of halogens is 2. The van der Waals surface area contributed by atoms with Crippen LogP contribution in [0.5, 0.6) is 0 Å². The Morgan fingerprint density at radius 1 is 1.28 bits per heavy atom. The van der Waals surface area contributed by atoms with Crippen LogP contribution < -0.4 is 5.32 Å². The Bertz CT molecular complexity index is 1190. The number of pyridine rings is 1. The first kappa shape index (κ1) is 21.7. The Hall–Kier alpha value is -3.50. The summed E-state index contributed by atoms with van der Waals surface area (Å²) in [5, 5.41) is 20.5. The zero-order valence-corrected chi connectivity index (χ0v) is 17.9. The fraction of sp³-hybridized carbons (Fsp3) is 0.200. The van der Waals surface area contributed by atoms with Crippen molar-refractivity contribution in [1.82, 2.24) is 30.2 Å². The number of rotatable bonds is 6. The van der Waals surface area contributed by atoms with E-state index in [9.17, 15) is 19.5 Å². The van der Waals surface area contributed by atoms with Crippen molar-refractivity contribution in [2.24, 2.45) is 0 Å². The molecular formula is C20H16Cl2N6O4. The fourth-order valence-electron chi connectivity index (χ4n) is 3.54. The highest BCUT2D eigenvalue weighted by molar-refractivity contribution is 6.30. The smallest absolute Gasteiger partial charge is 0.326 e. The zero-order chi connectivity index (χ0) is 22.8. The van der Waals surface area contributed by atoms with Crippen molar-refractivity contribution < 1.29 is 19.5 Å². The Kier molecular flexibility index (Phi) is 6.06. The van der Waals surface area contributed by atoms with Crippen molar-refractivity contribution in [3.8, 4) is 5.69 Å². The van der Waals surface area contributed by atoms with Gasteiger partial charge in [-0.1, -0.05) is 34.5 Å². The van der Waals surface area contributed by atoms with Crippen LogP contribution in [0.15, 0.2) is 48.9 Å². The van der Waals surface area contributed by atoms with Crippen LogP contribution in [0.3, 0.4) is 0 Å². The van der Waals surface area contributed by atoms with Crippen LogP contribution >= 0.6 is 23.2 Å². The Morgan fingerprint density at radius 2 is 2.09 bits per heavy atom. The van der Waals surface area contributed by atoms with Gasteiger partial charge in [0, 0.05) is 29.4 Å². The SMILES string of the molecule is O=C1CN(C(Cc2cccnc2)C(=O)O)C(=O)C(c2cc(Cl)ccc2-n2cc(Cl)nn2)N1. The minimum absolute atomic E-state index is 0.00397. The van der Waals surface area contributed by atoms with Gasteiger partial charge in [-0.25, -0.2) is 9.48 Å². The molecule has 2 N–H and O–H groups in total. The molecule has 0 saturated carbocycles. The van der Waals surface area contributed by atoms with Gasteiger partial charge in [-0.05, 0) is 29.8 Å². The predicted molar refractivity (Wildman–Crippen MR) is 113 cm³/mol. The molecule has 1 fully saturated rings. The van der Waals surface area contributed by atoms with E-state index in [4.69, 9.17) is 23.2 Å². The fourth-order valence-corrected chi connectivity index (χ4v) is 3.85. The first-order valence-electron chi connectivity index (χ1n) is 9.42. The van der Waals surface area contributed by atoms with Gasteiger partial charge in [-0.15, -0.1) is 5.10 Å². The maximum Gasteiger partial charge on any atom is 0.326 e. The number of piperazine rings is 1. The van der Waals surface area contributed by atoms with Gasteiger partial charge in [-0.2, -0.15) is 0 Å². The van der Waals surface area contributed by atoms with Crippen LogP contribution in [0.4, 0.5) is 0 Å². The number of hydrogen-bond acceptors (Lipinski definition) is 6. The summed E-state index contributed by atoms with van der Waals surface area (Å²) < 4.78 is 1.34. The second-order valence-electron chi connectivity index (χ2n) is 7.08. The van der Waals surface area contributed by atoms with Gasteiger partial charge < -0.3 is 15.3 Å². The third-order valence-electron chi connectivity index (χ3n) is 4.98. The molecule has 1 aromatic carbocycles. The van der Waals surface area contributed by atoms with Crippen LogP contribution in [0, 0.1) is 0 Å². The summed E-state index contributed by atoms with van der Waals surface area (Å²) in [6.07, 6.45) is 4.51.